The van der Waals surface area contributed by atoms with Crippen LogP contribution in [0.1, 0.15) is 380 Å². The molecule has 0 aromatic carbocycles. The van der Waals surface area contributed by atoms with Crippen molar-refractivity contribution in [2.75, 3.05) is 47.5 Å². The maximum absolute atomic E-state index is 12.9. The van der Waals surface area contributed by atoms with Crippen LogP contribution in [-0.2, 0) is 32.7 Å². The third-order valence-electron chi connectivity index (χ3n) is 16.7. The summed E-state index contributed by atoms with van der Waals surface area (Å²) in [6.07, 6.45) is 81.3. The zero-order valence-electron chi connectivity index (χ0n) is 56.2. The quantitative estimate of drug-likeness (QED) is 0.0195. The summed E-state index contributed by atoms with van der Waals surface area (Å²) in [5.74, 6) is -0.807. The van der Waals surface area contributed by atoms with Crippen molar-refractivity contribution in [3.8, 4) is 0 Å². The molecule has 2 unspecified atom stereocenters. The van der Waals surface area contributed by atoms with Gasteiger partial charge in [0.25, 0.3) is 7.82 Å². The Morgan fingerprint density at radius 3 is 0.952 bits per heavy atom. The van der Waals surface area contributed by atoms with Gasteiger partial charge in [0.05, 0.1) is 27.7 Å². The molecule has 9 nitrogen and oxygen atoms in total. The molecule has 0 radical (unpaired) electrons. The Morgan fingerprint density at radius 2 is 0.651 bits per heavy atom. The second kappa shape index (κ2) is 64.9. The van der Waals surface area contributed by atoms with Gasteiger partial charge < -0.3 is 27.9 Å². The van der Waals surface area contributed by atoms with Crippen LogP contribution < -0.4 is 4.89 Å². The van der Waals surface area contributed by atoms with E-state index in [2.05, 4.69) is 38.2 Å². The van der Waals surface area contributed by atoms with Gasteiger partial charge >= 0.3 is 11.9 Å². The standard InChI is InChI=1S/C73H142NO8P/c1-6-8-10-12-14-16-18-20-22-24-26-28-30-32-34-36-37-38-40-42-44-46-48-50-52-54-56-58-60-62-64-66-73(76)82-71(70-81-83(77,78)80-68-67-74(3,4)5)69-79-72(75)65-63-61-59-57-55-53-51-49-47-45-43-41-39-35-33-31-29-27-25-23-21-19-17-15-13-11-9-7-2/h18,20,24,26,71H,6-17,19,21-23,25,27-70H2,1-5H3/b20-18-,26-24-. The first-order chi connectivity index (χ1) is 40.5. The number of phosphoric ester groups is 1. The zero-order valence-corrected chi connectivity index (χ0v) is 57.1. The van der Waals surface area contributed by atoms with E-state index in [1.165, 1.54) is 308 Å². The van der Waals surface area contributed by atoms with E-state index >= 15 is 0 Å². The minimum Gasteiger partial charge on any atom is -0.756 e. The van der Waals surface area contributed by atoms with E-state index in [9.17, 15) is 19.0 Å². The van der Waals surface area contributed by atoms with Crippen LogP contribution in [0.2, 0.25) is 0 Å². The highest BCUT2D eigenvalue weighted by Gasteiger charge is 2.22. The molecule has 0 aromatic rings. The molecule has 0 aliphatic carbocycles. The lowest BCUT2D eigenvalue weighted by molar-refractivity contribution is -0.870. The number of carbonyl (C=O) groups is 2. The fraction of sp³-hybridized carbons (Fsp3) is 0.918. The number of hydrogen-bond acceptors (Lipinski definition) is 8. The molecule has 0 bridgehead atoms. The van der Waals surface area contributed by atoms with E-state index in [4.69, 9.17) is 18.5 Å². The molecule has 0 spiro atoms. The smallest absolute Gasteiger partial charge is 0.306 e. The molecule has 0 N–H and O–H groups in total. The topological polar surface area (TPSA) is 111 Å². The number of allylic oxidation sites excluding steroid dienone is 4. The van der Waals surface area contributed by atoms with Crippen LogP contribution in [0.3, 0.4) is 0 Å². The summed E-state index contributed by atoms with van der Waals surface area (Å²) in [6, 6.07) is 0. The summed E-state index contributed by atoms with van der Waals surface area (Å²) >= 11 is 0. The van der Waals surface area contributed by atoms with Gasteiger partial charge in [0.15, 0.2) is 6.10 Å². The summed E-state index contributed by atoms with van der Waals surface area (Å²) in [4.78, 5) is 38.1. The lowest BCUT2D eigenvalue weighted by Crippen LogP contribution is -2.37. The van der Waals surface area contributed by atoms with Gasteiger partial charge in [0.1, 0.15) is 19.8 Å². The fourth-order valence-electron chi connectivity index (χ4n) is 11.1. The lowest BCUT2D eigenvalue weighted by atomic mass is 10.0. The number of unbranched alkanes of at least 4 members (excludes halogenated alkanes) is 51. The second-order valence-corrected chi connectivity index (χ2v) is 27.7. The van der Waals surface area contributed by atoms with Crippen LogP contribution in [0.25, 0.3) is 0 Å². The first-order valence-corrected chi connectivity index (χ1v) is 38.0. The van der Waals surface area contributed by atoms with E-state index in [0.29, 0.717) is 17.4 Å². The summed E-state index contributed by atoms with van der Waals surface area (Å²) in [5.41, 5.74) is 0. The van der Waals surface area contributed by atoms with Crippen LogP contribution in [0.5, 0.6) is 0 Å². The van der Waals surface area contributed by atoms with Crippen molar-refractivity contribution < 1.29 is 42.1 Å². The van der Waals surface area contributed by atoms with Gasteiger partial charge in [-0.2, -0.15) is 0 Å². The molecule has 0 amide bonds. The predicted molar refractivity (Wildman–Crippen MR) is 356 cm³/mol. The Labute approximate surface area is 517 Å². The second-order valence-electron chi connectivity index (χ2n) is 26.3. The molecule has 0 saturated heterocycles. The molecule has 0 saturated carbocycles. The number of ether oxygens (including phenoxy) is 2. The average molecular weight is 1190 g/mol. The molecule has 83 heavy (non-hydrogen) atoms. The number of hydrogen-bond donors (Lipinski definition) is 0. The third kappa shape index (κ3) is 69.5. The van der Waals surface area contributed by atoms with Gasteiger partial charge in [-0.1, -0.05) is 346 Å². The van der Waals surface area contributed by atoms with Crippen molar-refractivity contribution in [3.63, 3.8) is 0 Å². The Morgan fingerprint density at radius 1 is 0.373 bits per heavy atom. The molecule has 0 aliphatic heterocycles. The van der Waals surface area contributed by atoms with E-state index in [-0.39, 0.29) is 32.0 Å². The fourth-order valence-corrected chi connectivity index (χ4v) is 11.8. The van der Waals surface area contributed by atoms with Crippen LogP contribution in [0.15, 0.2) is 24.3 Å². The van der Waals surface area contributed by atoms with Gasteiger partial charge in [-0.05, 0) is 44.9 Å². The normalized spacial score (nSPS) is 13.2. The Kier molecular flexibility index (Phi) is 63.8. The summed E-state index contributed by atoms with van der Waals surface area (Å²) < 4.78 is 34.4. The maximum atomic E-state index is 12.9. The lowest BCUT2D eigenvalue weighted by Gasteiger charge is -2.28. The first-order valence-electron chi connectivity index (χ1n) is 36.5. The molecule has 0 fully saturated rings. The minimum atomic E-state index is -4.64. The molecule has 0 aliphatic rings. The minimum absolute atomic E-state index is 0.0267. The van der Waals surface area contributed by atoms with Crippen molar-refractivity contribution in [2.45, 2.75) is 386 Å². The van der Waals surface area contributed by atoms with Crippen molar-refractivity contribution in [2.24, 2.45) is 0 Å². The Balaban J connectivity index is 3.96. The molecular weight excluding hydrogens is 1050 g/mol. The summed E-state index contributed by atoms with van der Waals surface area (Å²) in [5, 5.41) is 0. The molecule has 2 atom stereocenters. The number of esters is 2. The molecule has 0 rings (SSSR count). The number of phosphoric acid groups is 1. The molecule has 10 heteroatoms. The van der Waals surface area contributed by atoms with E-state index in [0.717, 1.165) is 38.5 Å². The van der Waals surface area contributed by atoms with Crippen molar-refractivity contribution >= 4 is 19.8 Å². The molecule has 0 aromatic heterocycles. The van der Waals surface area contributed by atoms with Crippen molar-refractivity contribution in [3.05, 3.63) is 24.3 Å². The summed E-state index contributed by atoms with van der Waals surface area (Å²) in [6.45, 7) is 4.31. The van der Waals surface area contributed by atoms with E-state index in [1.807, 2.05) is 21.1 Å². The van der Waals surface area contributed by atoms with Gasteiger partial charge in [-0.15, -0.1) is 0 Å². The van der Waals surface area contributed by atoms with Crippen molar-refractivity contribution in [1.29, 1.82) is 0 Å². The van der Waals surface area contributed by atoms with Crippen LogP contribution in [0.4, 0.5) is 0 Å². The van der Waals surface area contributed by atoms with Gasteiger partial charge in [0, 0.05) is 12.8 Å². The van der Waals surface area contributed by atoms with Crippen LogP contribution in [-0.4, -0.2) is 70.0 Å². The van der Waals surface area contributed by atoms with Crippen LogP contribution in [0, 0.1) is 0 Å². The van der Waals surface area contributed by atoms with Gasteiger partial charge in [-0.3, -0.25) is 14.2 Å². The molecular formula is C73H142NO8P. The average Bonchev–Trinajstić information content (AvgIpc) is 3.49. The summed E-state index contributed by atoms with van der Waals surface area (Å²) in [7, 11) is 1.19. The van der Waals surface area contributed by atoms with E-state index < -0.39 is 26.5 Å². The number of carbonyl (C=O) groups excluding carboxylic acids is 2. The van der Waals surface area contributed by atoms with Crippen LogP contribution >= 0.6 is 7.82 Å². The van der Waals surface area contributed by atoms with Gasteiger partial charge in [-0.25, -0.2) is 0 Å². The first kappa shape index (κ1) is 81.5. The number of quaternary nitrogens is 1. The maximum Gasteiger partial charge on any atom is 0.306 e. The van der Waals surface area contributed by atoms with Gasteiger partial charge in [0.2, 0.25) is 0 Å². The Bertz CT molecular complexity index is 1450. The highest BCUT2D eigenvalue weighted by Crippen LogP contribution is 2.38. The third-order valence-corrected chi connectivity index (χ3v) is 17.7. The SMILES string of the molecule is CCCCCCC/C=C\C/C=C\CCCCCCCCCCCCCCCCCCCCCC(=O)OC(COC(=O)CCCCCCCCCCCCCCCCCCCCCCCCCCCCCC)COP(=O)([O-])OCC[N+](C)(C)C. The monoisotopic (exact) mass is 1190 g/mol. The highest BCUT2D eigenvalue weighted by molar-refractivity contribution is 7.45. The van der Waals surface area contributed by atoms with Crippen molar-refractivity contribution in [1.82, 2.24) is 0 Å². The predicted octanol–water partition coefficient (Wildman–Crippen LogP) is 23.0. The number of nitrogens with zero attached hydrogens (tertiary/aromatic N) is 1. The largest absolute Gasteiger partial charge is 0.756 e. The number of likely N-dealkylation sites (N-methyl/N-ethyl adjacent to an activating group) is 1. The highest BCUT2D eigenvalue weighted by atomic mass is 31.2. The zero-order chi connectivity index (χ0) is 60.5. The van der Waals surface area contributed by atoms with E-state index in [1.54, 1.807) is 0 Å². The Hall–Kier alpha value is -1.51. The number of rotatable bonds is 69. The molecule has 0 heterocycles. The molecule has 492 valence electrons.